The van der Waals surface area contributed by atoms with Crippen molar-refractivity contribution in [2.45, 2.75) is 28.8 Å². The molecule has 6 aliphatic rings. The van der Waals surface area contributed by atoms with E-state index in [2.05, 4.69) is 5.32 Å². The molecule has 3 aromatic carbocycles. The van der Waals surface area contributed by atoms with Crippen molar-refractivity contribution in [3.63, 3.8) is 0 Å². The van der Waals surface area contributed by atoms with Crippen molar-refractivity contribution in [2.24, 2.45) is 0 Å². The smallest absolute Gasteiger partial charge is 0.271 e. The highest BCUT2D eigenvalue weighted by molar-refractivity contribution is 8.02. The molecule has 274 valence electrons. The predicted octanol–water partition coefficient (Wildman–Crippen LogP) is 7.70. The summed E-state index contributed by atoms with van der Waals surface area (Å²) in [4.78, 5) is 67.5. The van der Waals surface area contributed by atoms with Gasteiger partial charge in [-0.25, -0.2) is 4.98 Å². The molecule has 4 unspecified atom stereocenters. The summed E-state index contributed by atoms with van der Waals surface area (Å²) < 4.78 is 6.43. The van der Waals surface area contributed by atoms with E-state index in [1.807, 2.05) is 37.4 Å². The predicted molar refractivity (Wildman–Crippen MR) is 220 cm³/mol. The molecule has 1 aliphatic heterocycles. The number of ether oxygens (including phenoxy) is 1. The van der Waals surface area contributed by atoms with E-state index in [-0.39, 0.29) is 16.5 Å². The number of carbonyl (C=O) groups is 4. The van der Waals surface area contributed by atoms with E-state index in [9.17, 15) is 19.2 Å². The first-order chi connectivity index (χ1) is 26.4. The maximum atomic E-state index is 13.8. The van der Waals surface area contributed by atoms with E-state index in [1.54, 1.807) is 25.9 Å². The van der Waals surface area contributed by atoms with Crippen LogP contribution in [-0.2, 0) is 20.1 Å². The molecule has 0 saturated carbocycles. The number of nitrogens with zero attached hydrogens (tertiary/aromatic N) is 3. The number of halogens is 4. The van der Waals surface area contributed by atoms with E-state index in [0.29, 0.717) is 50.0 Å². The average Bonchev–Trinajstić information content (AvgIpc) is 3.58. The third kappa shape index (κ3) is 3.79. The van der Waals surface area contributed by atoms with Crippen molar-refractivity contribution < 1.29 is 23.9 Å². The standard InChI is InChI=1S/C40H24Cl4N4O5S2/c1-45-30-9-7-13(48(2)3)18-20-14(9)25-24-23-21-17-12(8-55-36(17)27(24)33(40(44)52)47-31(25)28(30)38(42)50)46-32-26(21)15-10(35(54-5)29(32)39(43)51)6-11(37(41)49)16(34(18)53-4)19(15)22(20)23/h6-7,11,15,28,36,45H,8H2,1-5H3. The molecule has 11 rings (SSSR count). The Bertz CT molecular complexity index is 3030. The molecule has 0 saturated heterocycles. The quantitative estimate of drug-likeness (QED) is 0.0941. The Hall–Kier alpha value is -3.84. The molecule has 5 aromatic rings. The number of fused-ring (bicyclic) bond motifs is 1. The summed E-state index contributed by atoms with van der Waals surface area (Å²) in [5.74, 6) is -1.50. The highest BCUT2D eigenvalue weighted by Gasteiger charge is 2.53. The maximum Gasteiger partial charge on any atom is 0.271 e. The van der Waals surface area contributed by atoms with Crippen LogP contribution in [0.25, 0.3) is 54.7 Å². The molecule has 15 heteroatoms. The number of hydrogen-bond acceptors (Lipinski definition) is 11. The molecule has 55 heavy (non-hydrogen) atoms. The first-order valence-electron chi connectivity index (χ1n) is 17.3. The molecule has 1 N–H and O–H groups in total. The molecule has 0 bridgehead atoms. The van der Waals surface area contributed by atoms with Crippen molar-refractivity contribution >= 4 is 140 Å². The van der Waals surface area contributed by atoms with Gasteiger partial charge in [-0.3, -0.25) is 24.2 Å². The summed E-state index contributed by atoms with van der Waals surface area (Å²) in [6.45, 7) is 0. The first-order valence-corrected chi connectivity index (χ1v) is 21.1. The number of anilines is 1. The normalized spacial score (nSPS) is 21.4. The molecule has 9 nitrogen and oxygen atoms in total. The van der Waals surface area contributed by atoms with Crippen LogP contribution in [0.1, 0.15) is 78.4 Å². The van der Waals surface area contributed by atoms with Gasteiger partial charge in [0, 0.05) is 92.6 Å². The van der Waals surface area contributed by atoms with Gasteiger partial charge in [-0.15, -0.1) is 23.5 Å². The Kier molecular flexibility index (Phi) is 6.99. The van der Waals surface area contributed by atoms with Crippen LogP contribution >= 0.6 is 69.9 Å². The second kappa shape index (κ2) is 11.2. The van der Waals surface area contributed by atoms with Crippen LogP contribution in [0, 0.1) is 0 Å². The van der Waals surface area contributed by atoms with Gasteiger partial charge in [0.25, 0.3) is 10.5 Å². The number of aromatic nitrogens is 2. The van der Waals surface area contributed by atoms with Gasteiger partial charge in [0.05, 0.1) is 40.9 Å². The van der Waals surface area contributed by atoms with Gasteiger partial charge in [-0.2, -0.15) is 0 Å². The maximum absolute atomic E-state index is 13.8. The molecular formula is C40H24Cl4N4O5S2. The fourth-order valence-electron chi connectivity index (χ4n) is 10.6. The molecular weight excluding hydrogens is 822 g/mol. The second-order valence-corrected chi connectivity index (χ2v) is 17.9. The third-order valence-electron chi connectivity index (χ3n) is 12.3. The summed E-state index contributed by atoms with van der Waals surface area (Å²) in [6.07, 6.45) is 3.75. The zero-order valence-electron chi connectivity index (χ0n) is 29.4. The topological polar surface area (TPSA) is 119 Å². The largest absolute Gasteiger partial charge is 0.496 e. The van der Waals surface area contributed by atoms with Crippen molar-refractivity contribution in [1.29, 1.82) is 0 Å². The van der Waals surface area contributed by atoms with E-state index >= 15 is 0 Å². The van der Waals surface area contributed by atoms with E-state index in [1.165, 1.54) is 11.8 Å². The third-order valence-corrected chi connectivity index (χ3v) is 15.2. The van der Waals surface area contributed by atoms with Crippen molar-refractivity contribution in [3.8, 4) is 16.9 Å². The van der Waals surface area contributed by atoms with Gasteiger partial charge in [0.1, 0.15) is 17.4 Å². The van der Waals surface area contributed by atoms with Crippen LogP contribution in [0.3, 0.4) is 0 Å². The number of pyridine rings is 2. The lowest BCUT2D eigenvalue weighted by Gasteiger charge is -2.45. The highest BCUT2D eigenvalue weighted by atomic mass is 35.5. The summed E-state index contributed by atoms with van der Waals surface area (Å²) in [6, 6.07) is 2.02. The summed E-state index contributed by atoms with van der Waals surface area (Å²) >= 11 is 29.1. The molecule has 0 fully saturated rings. The fourth-order valence-corrected chi connectivity index (χ4v) is 13.6. The van der Waals surface area contributed by atoms with Crippen molar-refractivity contribution in [3.05, 3.63) is 78.4 Å². The molecule has 3 heterocycles. The van der Waals surface area contributed by atoms with Crippen molar-refractivity contribution in [1.82, 2.24) is 15.3 Å². The van der Waals surface area contributed by atoms with Gasteiger partial charge in [0.15, 0.2) is 0 Å². The summed E-state index contributed by atoms with van der Waals surface area (Å²) in [7, 11) is 7.19. The van der Waals surface area contributed by atoms with Crippen molar-refractivity contribution in [2.75, 3.05) is 39.4 Å². The molecule has 0 spiro atoms. The zero-order chi connectivity index (χ0) is 38.4. The number of carbonyl (C=O) groups excluding carboxylic acids is 4. The summed E-state index contributed by atoms with van der Waals surface area (Å²) in [5, 5.41) is 5.66. The molecule has 4 atom stereocenters. The number of rotatable bonds is 8. The number of nitrogens with one attached hydrogen (secondary N) is 1. The average molecular weight is 847 g/mol. The zero-order valence-corrected chi connectivity index (χ0v) is 34.0. The number of methoxy groups -OCH3 is 1. The van der Waals surface area contributed by atoms with Gasteiger partial charge in [-0.1, -0.05) is 6.08 Å². The van der Waals surface area contributed by atoms with Crippen LogP contribution in [0.4, 0.5) is 5.69 Å². The number of likely N-dealkylation sites (N-methyl/N-ethyl adjacent to an activating group) is 1. The lowest BCUT2D eigenvalue weighted by Crippen LogP contribution is -2.34. The first kappa shape index (κ1) is 34.4. The van der Waals surface area contributed by atoms with Crippen LogP contribution in [-0.4, -0.2) is 65.4 Å². The van der Waals surface area contributed by atoms with Gasteiger partial charge in [0.2, 0.25) is 10.5 Å². The monoisotopic (exact) mass is 844 g/mol. The molecule has 5 aliphatic carbocycles. The number of hydrogen-bond donors (Lipinski definition) is 1. The molecule has 0 amide bonds. The Morgan fingerprint density at radius 3 is 2.25 bits per heavy atom. The lowest BCUT2D eigenvalue weighted by atomic mass is 9.60. The minimum absolute atomic E-state index is 0.0446. The van der Waals surface area contributed by atoms with Crippen LogP contribution < -0.4 is 20.2 Å². The Morgan fingerprint density at radius 2 is 1.64 bits per heavy atom. The second-order valence-electron chi connectivity index (χ2n) is 14.6. The molecule has 2 aromatic heterocycles. The van der Waals surface area contributed by atoms with E-state index in [0.717, 1.165) is 76.9 Å². The van der Waals surface area contributed by atoms with Gasteiger partial charge >= 0.3 is 0 Å². The Morgan fingerprint density at radius 1 is 0.891 bits per heavy atom. The fraction of sp³-hybridized carbons (Fsp3) is 0.250. The Labute approximate surface area is 340 Å². The van der Waals surface area contributed by atoms with Crippen LogP contribution in [0.15, 0.2) is 22.6 Å². The SMILES string of the molecule is CNC1=c2cc(N(C)C)c3c(OC)c4c5c6c7c8c(c(C(=O)Cl)nc(c8c2c36)C1C(=O)Cl)C1SCc2nc3c(c-7c21)C5C(=CC4C(=O)Cl)C(SC)=C3C(=O)Cl. The van der Waals surface area contributed by atoms with Crippen LogP contribution in [0.2, 0.25) is 0 Å². The van der Waals surface area contributed by atoms with Gasteiger partial charge in [-0.05, 0) is 97.3 Å². The van der Waals surface area contributed by atoms with E-state index in [4.69, 9.17) is 61.1 Å². The van der Waals surface area contributed by atoms with Gasteiger partial charge < -0.3 is 15.0 Å². The lowest BCUT2D eigenvalue weighted by molar-refractivity contribution is -0.112. The number of thioether (sulfide) groups is 2. The highest BCUT2D eigenvalue weighted by Crippen LogP contribution is 2.70. The van der Waals surface area contributed by atoms with E-state index < -0.39 is 38.7 Å². The molecule has 0 radical (unpaired) electrons. The van der Waals surface area contributed by atoms with Crippen LogP contribution in [0.5, 0.6) is 5.75 Å². The number of allylic oxidation sites excluding steroid dienone is 3. The summed E-state index contributed by atoms with van der Waals surface area (Å²) in [5.41, 5.74) is 9.51. The Balaban J connectivity index is 1.56. The number of benzene rings is 3. The minimum atomic E-state index is -1.06. The minimum Gasteiger partial charge on any atom is -0.496 e.